The fourth-order valence-electron chi connectivity index (χ4n) is 1.68. The zero-order chi connectivity index (χ0) is 17.2. The van der Waals surface area contributed by atoms with Crippen molar-refractivity contribution in [2.75, 3.05) is 58.9 Å². The molecule has 0 radical (unpaired) electrons. The maximum absolute atomic E-state index is 11.4. The van der Waals surface area contributed by atoms with E-state index in [0.29, 0.717) is 6.61 Å². The summed E-state index contributed by atoms with van der Waals surface area (Å²) in [5.41, 5.74) is 0. The van der Waals surface area contributed by atoms with E-state index in [1.54, 1.807) is 6.08 Å². The van der Waals surface area contributed by atoms with Gasteiger partial charge >= 0.3 is 0 Å². The Balaban J connectivity index is 4.10. The van der Waals surface area contributed by atoms with Crippen molar-refractivity contribution in [2.24, 2.45) is 0 Å². The molecule has 0 bridgehead atoms. The second-order valence-corrected chi connectivity index (χ2v) is 10.1. The molecule has 3 atom stereocenters. The molecule has 0 aromatic rings. The van der Waals surface area contributed by atoms with E-state index in [1.165, 1.54) is 18.2 Å². The van der Waals surface area contributed by atoms with Crippen LogP contribution in [0, 0.1) is 0 Å². The highest BCUT2D eigenvalue weighted by Crippen LogP contribution is 2.41. The molecule has 0 spiro atoms. The van der Waals surface area contributed by atoms with Crippen molar-refractivity contribution < 1.29 is 33.5 Å². The number of rotatable bonds is 13. The van der Waals surface area contributed by atoms with Gasteiger partial charge in [0, 0.05) is 19.9 Å². The minimum absolute atomic E-state index is 0.0524. The molecule has 0 rings (SSSR count). The van der Waals surface area contributed by atoms with Gasteiger partial charge in [-0.3, -0.25) is 14.0 Å². The monoisotopic (exact) mass is 359 g/mol. The van der Waals surface area contributed by atoms with E-state index < -0.39 is 20.8 Å². The summed E-state index contributed by atoms with van der Waals surface area (Å²) in [6.45, 7) is 6.77. The molecule has 8 nitrogen and oxygen atoms in total. The van der Waals surface area contributed by atoms with E-state index in [1.807, 2.05) is 0 Å². The van der Waals surface area contributed by atoms with Gasteiger partial charge in [-0.1, -0.05) is 6.08 Å². The second kappa shape index (κ2) is 10.7. The van der Waals surface area contributed by atoms with Crippen LogP contribution in [-0.2, 0) is 18.6 Å². The molecule has 0 saturated heterocycles. The summed E-state index contributed by atoms with van der Waals surface area (Å²) in [6.07, 6.45) is 0.430. The van der Waals surface area contributed by atoms with Gasteiger partial charge in [0.25, 0.3) is 0 Å². The van der Waals surface area contributed by atoms with Crippen LogP contribution in [-0.4, -0.2) is 84.8 Å². The topological polar surface area (TPSA) is 117 Å². The predicted molar refractivity (Wildman–Crippen MR) is 85.8 cm³/mol. The number of aliphatic hydroxyl groups excluding tert-OH is 1. The van der Waals surface area contributed by atoms with Crippen molar-refractivity contribution in [1.29, 1.82) is 0 Å². The Labute approximate surface area is 131 Å². The highest BCUT2D eigenvalue weighted by molar-refractivity contribution is 7.58. The quantitative estimate of drug-likeness (QED) is 0.248. The number of hydrogen-bond donors (Lipinski definition) is 3. The Kier molecular flexibility index (Phi) is 10.7. The van der Waals surface area contributed by atoms with Crippen molar-refractivity contribution in [2.45, 2.75) is 6.10 Å². The third kappa shape index (κ3) is 14.9. The number of nitrogens with zero attached hydrogens (tertiary/aromatic N) is 1. The highest BCUT2D eigenvalue weighted by Gasteiger charge is 2.22. The summed E-state index contributed by atoms with van der Waals surface area (Å²) < 4.78 is 33.2. The summed E-state index contributed by atoms with van der Waals surface area (Å²) in [5.74, 6) is 0. The molecule has 3 unspecified atom stereocenters. The Bertz CT molecular complexity index is 382. The van der Waals surface area contributed by atoms with E-state index >= 15 is 0 Å². The fraction of sp³-hybridized carbons (Fsp3) is 0.833. The lowest BCUT2D eigenvalue weighted by Crippen LogP contribution is -2.31. The van der Waals surface area contributed by atoms with Crippen LogP contribution in [0.15, 0.2) is 12.7 Å². The van der Waals surface area contributed by atoms with Gasteiger partial charge in [0.15, 0.2) is 0 Å². The van der Waals surface area contributed by atoms with Crippen LogP contribution in [0.3, 0.4) is 0 Å². The average molecular weight is 359 g/mol. The molecule has 22 heavy (non-hydrogen) atoms. The number of hydrogen-bond acceptors (Lipinski definition) is 6. The normalized spacial score (nSPS) is 18.6. The molecule has 0 aliphatic carbocycles. The standard InChI is InChI=1S/C12H27NO7P2/c1-4-6-19-8-12(14)9-20-7-5-13(10-21(2,15)16)11-22(3,17)18/h4,12,14H,1,5-11H2,2-3H3,(H,15,16)(H,17,18). The Morgan fingerprint density at radius 3 is 2.09 bits per heavy atom. The Morgan fingerprint density at radius 1 is 1.14 bits per heavy atom. The molecule has 10 heteroatoms. The summed E-state index contributed by atoms with van der Waals surface area (Å²) in [5, 5.41) is 9.55. The Hall–Kier alpha value is -0.0400. The molecule has 0 amide bonds. The van der Waals surface area contributed by atoms with Crippen LogP contribution in [0.4, 0.5) is 0 Å². The van der Waals surface area contributed by atoms with Crippen molar-refractivity contribution >= 4 is 14.7 Å². The molecular weight excluding hydrogens is 332 g/mol. The minimum atomic E-state index is -3.33. The first-order valence-electron chi connectivity index (χ1n) is 6.79. The molecule has 0 aliphatic heterocycles. The van der Waals surface area contributed by atoms with E-state index in [4.69, 9.17) is 9.47 Å². The van der Waals surface area contributed by atoms with Crippen LogP contribution >= 0.6 is 14.7 Å². The van der Waals surface area contributed by atoms with Gasteiger partial charge in [0.05, 0.1) is 39.0 Å². The molecular formula is C12H27NO7P2. The molecule has 132 valence electrons. The lowest BCUT2D eigenvalue weighted by atomic mass is 10.4. The molecule has 0 heterocycles. The predicted octanol–water partition coefficient (Wildman–Crippen LogP) is 0.584. The van der Waals surface area contributed by atoms with E-state index in [-0.39, 0.29) is 38.9 Å². The summed E-state index contributed by atoms with van der Waals surface area (Å²) in [6, 6.07) is 0. The molecule has 0 aromatic carbocycles. The van der Waals surface area contributed by atoms with Crippen LogP contribution < -0.4 is 0 Å². The first-order valence-corrected chi connectivity index (χ1v) is 11.4. The lowest BCUT2D eigenvalue weighted by molar-refractivity contribution is -0.0158. The summed E-state index contributed by atoms with van der Waals surface area (Å²) in [4.78, 5) is 20.2. The zero-order valence-electron chi connectivity index (χ0n) is 13.1. The van der Waals surface area contributed by atoms with E-state index in [9.17, 15) is 24.0 Å². The van der Waals surface area contributed by atoms with Crippen LogP contribution in [0.5, 0.6) is 0 Å². The summed E-state index contributed by atoms with van der Waals surface area (Å²) in [7, 11) is -6.67. The molecule has 0 aromatic heterocycles. The molecule has 3 N–H and O–H groups in total. The SMILES string of the molecule is C=CCOCC(O)COCCN(CP(C)(=O)O)CP(C)(=O)O. The van der Waals surface area contributed by atoms with Crippen LogP contribution in [0.25, 0.3) is 0 Å². The third-order valence-electron chi connectivity index (χ3n) is 2.33. The van der Waals surface area contributed by atoms with Gasteiger partial charge in [0.2, 0.25) is 14.7 Å². The van der Waals surface area contributed by atoms with Gasteiger partial charge < -0.3 is 24.4 Å². The fourth-order valence-corrected chi connectivity index (χ4v) is 3.80. The van der Waals surface area contributed by atoms with Crippen molar-refractivity contribution in [3.05, 3.63) is 12.7 Å². The largest absolute Gasteiger partial charge is 0.388 e. The number of ether oxygens (including phenoxy) is 2. The first kappa shape index (κ1) is 22.0. The van der Waals surface area contributed by atoms with E-state index in [0.717, 1.165) is 0 Å². The smallest absolute Gasteiger partial charge is 0.211 e. The first-order chi connectivity index (χ1) is 10.0. The van der Waals surface area contributed by atoms with Crippen molar-refractivity contribution in [3.8, 4) is 0 Å². The second-order valence-electron chi connectivity index (χ2n) is 5.33. The maximum atomic E-state index is 11.4. The number of aliphatic hydroxyl groups is 1. The van der Waals surface area contributed by atoms with Gasteiger partial charge in [-0.2, -0.15) is 0 Å². The maximum Gasteiger partial charge on any atom is 0.211 e. The van der Waals surface area contributed by atoms with Gasteiger partial charge in [-0.15, -0.1) is 6.58 Å². The van der Waals surface area contributed by atoms with Gasteiger partial charge in [0.1, 0.15) is 6.10 Å². The van der Waals surface area contributed by atoms with E-state index in [2.05, 4.69) is 6.58 Å². The summed E-state index contributed by atoms with van der Waals surface area (Å²) >= 11 is 0. The zero-order valence-corrected chi connectivity index (χ0v) is 14.9. The molecule has 0 fully saturated rings. The minimum Gasteiger partial charge on any atom is -0.388 e. The van der Waals surface area contributed by atoms with Crippen molar-refractivity contribution in [1.82, 2.24) is 4.90 Å². The molecule has 0 aliphatic rings. The van der Waals surface area contributed by atoms with Crippen LogP contribution in [0.2, 0.25) is 0 Å². The van der Waals surface area contributed by atoms with Gasteiger partial charge in [-0.25, -0.2) is 0 Å². The van der Waals surface area contributed by atoms with Gasteiger partial charge in [-0.05, 0) is 0 Å². The van der Waals surface area contributed by atoms with Crippen LogP contribution in [0.1, 0.15) is 0 Å². The Morgan fingerprint density at radius 2 is 1.64 bits per heavy atom. The lowest BCUT2D eigenvalue weighted by Gasteiger charge is -2.24. The average Bonchev–Trinajstić information content (AvgIpc) is 2.31. The highest BCUT2D eigenvalue weighted by atomic mass is 31.2. The van der Waals surface area contributed by atoms with Crippen molar-refractivity contribution in [3.63, 3.8) is 0 Å². The molecule has 0 saturated carbocycles. The third-order valence-corrected chi connectivity index (χ3v) is 4.18.